The average Bonchev–Trinajstić information content (AvgIpc) is 3.02. The Morgan fingerprint density at radius 3 is 2.59 bits per heavy atom. The van der Waals surface area contributed by atoms with Crippen LogP contribution in [-0.2, 0) is 4.79 Å². The van der Waals surface area contributed by atoms with Crippen molar-refractivity contribution in [2.75, 3.05) is 6.67 Å². The fourth-order valence-corrected chi connectivity index (χ4v) is 3.15. The van der Waals surface area contributed by atoms with Gasteiger partial charge in [0.05, 0.1) is 5.41 Å². The van der Waals surface area contributed by atoms with Gasteiger partial charge in [-0.2, -0.15) is 5.10 Å². The van der Waals surface area contributed by atoms with Gasteiger partial charge in [0.1, 0.15) is 25.4 Å². The normalized spacial score (nSPS) is 17.8. The van der Waals surface area contributed by atoms with Gasteiger partial charge < -0.3 is 0 Å². The number of carbonyl (C=O) groups is 1. The third-order valence-electron chi connectivity index (χ3n) is 4.63. The van der Waals surface area contributed by atoms with E-state index in [1.54, 1.807) is 24.9 Å². The second-order valence-corrected chi connectivity index (χ2v) is 6.85. The molecule has 0 saturated heterocycles. The van der Waals surface area contributed by atoms with Crippen LogP contribution < -0.4 is 0 Å². The highest BCUT2D eigenvalue weighted by Gasteiger charge is 2.35. The Morgan fingerprint density at radius 1 is 1.36 bits per heavy atom. The van der Waals surface area contributed by atoms with Crippen molar-refractivity contribution in [3.8, 4) is 0 Å². The molecule has 1 aliphatic rings. The molecule has 1 saturated carbocycles. The molecule has 1 fully saturated rings. The van der Waals surface area contributed by atoms with Crippen molar-refractivity contribution in [2.24, 2.45) is 11.3 Å². The van der Waals surface area contributed by atoms with E-state index in [-0.39, 0.29) is 24.2 Å². The van der Waals surface area contributed by atoms with Crippen LogP contribution in [0.3, 0.4) is 0 Å². The molecule has 0 radical (unpaired) electrons. The molecule has 1 heterocycles. The Balaban J connectivity index is 0.00000242. The maximum atomic E-state index is 13.2. The third-order valence-corrected chi connectivity index (χ3v) is 4.63. The largest absolute Gasteiger partial charge is 0.297 e. The van der Waals surface area contributed by atoms with Gasteiger partial charge in [0.25, 0.3) is 0 Å². The summed E-state index contributed by atoms with van der Waals surface area (Å²) in [6, 6.07) is -0.389. The van der Waals surface area contributed by atoms with Crippen LogP contribution in [0.25, 0.3) is 0 Å². The van der Waals surface area contributed by atoms with Gasteiger partial charge >= 0.3 is 0 Å². The summed E-state index contributed by atoms with van der Waals surface area (Å²) < 4.78 is 14.8. The summed E-state index contributed by atoms with van der Waals surface area (Å²) in [5.74, 6) is 0.623. The molecule has 1 aromatic heterocycles. The number of halogens is 2. The minimum Gasteiger partial charge on any atom is -0.297 e. The van der Waals surface area contributed by atoms with Crippen LogP contribution in [0.2, 0.25) is 0 Å². The van der Waals surface area contributed by atoms with E-state index < -0.39 is 12.1 Å². The van der Waals surface area contributed by atoms with Gasteiger partial charge in [-0.05, 0) is 18.8 Å². The summed E-state index contributed by atoms with van der Waals surface area (Å²) in [5, 5.41) is 4.11. The molecule has 1 unspecified atom stereocenters. The number of hydrogen-bond acceptors (Lipinski definition) is 3. The zero-order chi connectivity index (χ0) is 15.3. The molecule has 2 rings (SSSR count). The minimum atomic E-state index is -0.955. The Morgan fingerprint density at radius 2 is 2.05 bits per heavy atom. The SMILES string of the molecule is CC(C)(CF)C(=O)C(CCC1CCCCC1)n1cncn1.Cl. The lowest BCUT2D eigenvalue weighted by Gasteiger charge is -2.28. The first-order valence-electron chi connectivity index (χ1n) is 7.99. The monoisotopic (exact) mass is 331 g/mol. The van der Waals surface area contributed by atoms with Crippen LogP contribution in [0.1, 0.15) is 64.8 Å². The van der Waals surface area contributed by atoms with E-state index in [2.05, 4.69) is 10.1 Å². The van der Waals surface area contributed by atoms with Crippen molar-refractivity contribution in [3.63, 3.8) is 0 Å². The van der Waals surface area contributed by atoms with Crippen LogP contribution in [0.4, 0.5) is 4.39 Å². The summed E-state index contributed by atoms with van der Waals surface area (Å²) in [6.07, 6.45) is 11.2. The van der Waals surface area contributed by atoms with Crippen molar-refractivity contribution in [3.05, 3.63) is 12.7 Å². The van der Waals surface area contributed by atoms with Crippen molar-refractivity contribution in [1.29, 1.82) is 0 Å². The van der Waals surface area contributed by atoms with Crippen LogP contribution >= 0.6 is 12.4 Å². The summed E-state index contributed by atoms with van der Waals surface area (Å²) in [7, 11) is 0. The number of carbonyl (C=O) groups excluding carboxylic acids is 1. The Labute approximate surface area is 138 Å². The minimum absolute atomic E-state index is 0. The fourth-order valence-electron chi connectivity index (χ4n) is 3.15. The van der Waals surface area contributed by atoms with Gasteiger partial charge in [-0.1, -0.05) is 46.0 Å². The van der Waals surface area contributed by atoms with Crippen LogP contribution in [0.5, 0.6) is 0 Å². The highest BCUT2D eigenvalue weighted by atomic mass is 35.5. The van der Waals surface area contributed by atoms with E-state index in [1.165, 1.54) is 38.4 Å². The van der Waals surface area contributed by atoms with Crippen molar-refractivity contribution >= 4 is 18.2 Å². The van der Waals surface area contributed by atoms with Gasteiger partial charge in [0, 0.05) is 0 Å². The number of ketones is 1. The second-order valence-electron chi connectivity index (χ2n) is 6.85. The second kappa shape index (κ2) is 8.61. The summed E-state index contributed by atoms with van der Waals surface area (Å²) >= 11 is 0. The predicted molar refractivity (Wildman–Crippen MR) is 86.9 cm³/mol. The molecule has 0 N–H and O–H groups in total. The zero-order valence-electron chi connectivity index (χ0n) is 13.5. The van der Waals surface area contributed by atoms with Crippen LogP contribution in [0.15, 0.2) is 12.7 Å². The van der Waals surface area contributed by atoms with Gasteiger partial charge in [0.15, 0.2) is 5.78 Å². The molecule has 0 aromatic carbocycles. The number of rotatable bonds is 7. The van der Waals surface area contributed by atoms with Gasteiger partial charge in [-0.15, -0.1) is 12.4 Å². The number of hydrogen-bond donors (Lipinski definition) is 0. The van der Waals surface area contributed by atoms with E-state index in [9.17, 15) is 9.18 Å². The molecule has 1 aliphatic carbocycles. The predicted octanol–water partition coefficient (Wildman–Crippen LogP) is 4.17. The molecule has 126 valence electrons. The van der Waals surface area contributed by atoms with E-state index in [0.717, 1.165) is 12.8 Å². The molecular formula is C16H27ClFN3O. The molecular weight excluding hydrogens is 305 g/mol. The third kappa shape index (κ3) is 4.77. The number of nitrogens with zero attached hydrogens (tertiary/aromatic N) is 3. The molecule has 0 bridgehead atoms. The first-order chi connectivity index (χ1) is 10.0. The lowest BCUT2D eigenvalue weighted by molar-refractivity contribution is -0.132. The number of aromatic nitrogens is 3. The smallest absolute Gasteiger partial charge is 0.165 e. The van der Waals surface area contributed by atoms with Crippen LogP contribution in [0, 0.1) is 11.3 Å². The molecule has 0 amide bonds. The Kier molecular flexibility index (Phi) is 7.46. The highest BCUT2D eigenvalue weighted by Crippen LogP contribution is 2.32. The Bertz CT molecular complexity index is 444. The molecule has 0 aliphatic heterocycles. The topological polar surface area (TPSA) is 47.8 Å². The molecule has 1 atom stereocenters. The fraction of sp³-hybridized carbons (Fsp3) is 0.812. The van der Waals surface area contributed by atoms with Crippen molar-refractivity contribution < 1.29 is 9.18 Å². The molecule has 4 nitrogen and oxygen atoms in total. The van der Waals surface area contributed by atoms with Crippen molar-refractivity contribution in [2.45, 2.75) is 64.8 Å². The molecule has 6 heteroatoms. The summed E-state index contributed by atoms with van der Waals surface area (Å²) in [4.78, 5) is 16.6. The highest BCUT2D eigenvalue weighted by molar-refractivity contribution is 5.87. The van der Waals surface area contributed by atoms with E-state index in [0.29, 0.717) is 5.92 Å². The maximum Gasteiger partial charge on any atom is 0.165 e. The van der Waals surface area contributed by atoms with Crippen LogP contribution in [-0.4, -0.2) is 27.2 Å². The average molecular weight is 332 g/mol. The van der Waals surface area contributed by atoms with E-state index in [1.807, 2.05) is 0 Å². The number of alkyl halides is 1. The van der Waals surface area contributed by atoms with Crippen molar-refractivity contribution in [1.82, 2.24) is 14.8 Å². The standard InChI is InChI=1S/C16H26FN3O.ClH/c1-16(2,10-17)15(21)14(20-12-18-11-19-20)9-8-13-6-4-3-5-7-13;/h11-14H,3-10H2,1-2H3;1H. The summed E-state index contributed by atoms with van der Waals surface area (Å²) in [5.41, 5.74) is -0.955. The lowest BCUT2D eigenvalue weighted by Crippen LogP contribution is -2.35. The molecule has 0 spiro atoms. The van der Waals surface area contributed by atoms with Gasteiger partial charge in [-0.25, -0.2) is 9.67 Å². The number of Topliss-reactive ketones (excluding diaryl/α,β-unsaturated/α-hetero) is 1. The maximum absolute atomic E-state index is 13.2. The summed E-state index contributed by atoms with van der Waals surface area (Å²) in [6.45, 7) is 2.69. The first-order valence-corrected chi connectivity index (χ1v) is 7.99. The molecule has 22 heavy (non-hydrogen) atoms. The van der Waals surface area contributed by atoms with E-state index >= 15 is 0 Å². The quantitative estimate of drug-likeness (QED) is 0.753. The molecule has 1 aromatic rings. The first kappa shape index (κ1) is 19.1. The van der Waals surface area contributed by atoms with Gasteiger partial charge in [0.2, 0.25) is 0 Å². The lowest BCUT2D eigenvalue weighted by atomic mass is 9.81. The Hall–Kier alpha value is -0.970. The van der Waals surface area contributed by atoms with E-state index in [4.69, 9.17) is 0 Å². The zero-order valence-corrected chi connectivity index (χ0v) is 14.3. The van der Waals surface area contributed by atoms with Gasteiger partial charge in [-0.3, -0.25) is 9.18 Å².